The second-order valence-corrected chi connectivity index (χ2v) is 3.93. The average molecular weight is 225 g/mol. The lowest BCUT2D eigenvalue weighted by Gasteiger charge is -1.97. The van der Waals surface area contributed by atoms with E-state index in [0.29, 0.717) is 11.7 Å². The summed E-state index contributed by atoms with van der Waals surface area (Å²) in [5.41, 5.74) is 9.25. The van der Waals surface area contributed by atoms with Crippen LogP contribution in [0.5, 0.6) is 0 Å². The van der Waals surface area contributed by atoms with E-state index < -0.39 is 0 Å². The number of pyridine rings is 1. The van der Waals surface area contributed by atoms with Crippen molar-refractivity contribution in [2.75, 3.05) is 5.73 Å². The highest BCUT2D eigenvalue weighted by atomic mass is 16.3. The Bertz CT molecular complexity index is 688. The van der Waals surface area contributed by atoms with Crippen LogP contribution in [-0.4, -0.2) is 9.97 Å². The van der Waals surface area contributed by atoms with Crippen LogP contribution in [0.25, 0.3) is 22.6 Å². The quantitative estimate of drug-likeness (QED) is 0.691. The van der Waals surface area contributed by atoms with Crippen LogP contribution in [0.15, 0.2) is 40.9 Å². The number of nitrogen functional groups attached to an aromatic ring is 1. The fourth-order valence-electron chi connectivity index (χ4n) is 1.75. The third-order valence-corrected chi connectivity index (χ3v) is 2.61. The Hall–Kier alpha value is -2.36. The van der Waals surface area contributed by atoms with Crippen LogP contribution in [0.4, 0.5) is 5.82 Å². The van der Waals surface area contributed by atoms with E-state index >= 15 is 0 Å². The maximum absolute atomic E-state index is 5.79. The molecule has 0 radical (unpaired) electrons. The molecule has 0 spiro atoms. The van der Waals surface area contributed by atoms with Crippen molar-refractivity contribution in [3.8, 4) is 11.5 Å². The summed E-state index contributed by atoms with van der Waals surface area (Å²) in [6.07, 6.45) is 1.64. The predicted molar refractivity (Wildman–Crippen MR) is 66.4 cm³/mol. The first-order chi connectivity index (χ1) is 8.24. The number of aryl methyl sites for hydroxylation is 1. The SMILES string of the molecule is Cc1ccc2nc(-c3cccnc3N)oc2c1. The summed E-state index contributed by atoms with van der Waals surface area (Å²) in [6.45, 7) is 2.01. The predicted octanol–water partition coefficient (Wildman–Crippen LogP) is 2.78. The van der Waals surface area contributed by atoms with Crippen molar-refractivity contribution in [3.05, 3.63) is 42.1 Å². The van der Waals surface area contributed by atoms with Gasteiger partial charge in [-0.2, -0.15) is 0 Å². The molecule has 0 unspecified atom stereocenters. The van der Waals surface area contributed by atoms with Crippen molar-refractivity contribution in [2.45, 2.75) is 6.92 Å². The van der Waals surface area contributed by atoms with Gasteiger partial charge in [-0.1, -0.05) is 6.07 Å². The number of hydrogen-bond acceptors (Lipinski definition) is 4. The normalized spacial score (nSPS) is 10.9. The number of aromatic nitrogens is 2. The molecule has 0 aliphatic rings. The fourth-order valence-corrected chi connectivity index (χ4v) is 1.75. The van der Waals surface area contributed by atoms with Gasteiger partial charge in [0.1, 0.15) is 11.3 Å². The standard InChI is InChI=1S/C13H11N3O/c1-8-4-5-10-11(7-8)17-13(16-10)9-3-2-6-15-12(9)14/h2-7H,1H3,(H2,14,15). The van der Waals surface area contributed by atoms with Crippen molar-refractivity contribution in [1.82, 2.24) is 9.97 Å². The molecule has 1 aromatic carbocycles. The summed E-state index contributed by atoms with van der Waals surface area (Å²) in [6, 6.07) is 9.55. The molecular formula is C13H11N3O. The van der Waals surface area contributed by atoms with Gasteiger partial charge in [0.2, 0.25) is 5.89 Å². The van der Waals surface area contributed by atoms with Gasteiger partial charge in [0.15, 0.2) is 5.58 Å². The van der Waals surface area contributed by atoms with Crippen molar-refractivity contribution < 1.29 is 4.42 Å². The maximum Gasteiger partial charge on any atom is 0.231 e. The zero-order valence-corrected chi connectivity index (χ0v) is 9.34. The summed E-state index contributed by atoms with van der Waals surface area (Å²) >= 11 is 0. The van der Waals surface area contributed by atoms with Gasteiger partial charge in [-0.15, -0.1) is 0 Å². The summed E-state index contributed by atoms with van der Waals surface area (Å²) in [5, 5.41) is 0. The van der Waals surface area contributed by atoms with Crippen LogP contribution < -0.4 is 5.73 Å². The van der Waals surface area contributed by atoms with Crippen LogP contribution in [-0.2, 0) is 0 Å². The van der Waals surface area contributed by atoms with Crippen LogP contribution in [0, 0.1) is 6.92 Å². The van der Waals surface area contributed by atoms with Crippen LogP contribution >= 0.6 is 0 Å². The molecule has 17 heavy (non-hydrogen) atoms. The Balaban J connectivity index is 2.22. The highest BCUT2D eigenvalue weighted by molar-refractivity contribution is 5.78. The first kappa shape index (κ1) is 9.84. The van der Waals surface area contributed by atoms with E-state index in [2.05, 4.69) is 9.97 Å². The van der Waals surface area contributed by atoms with Gasteiger partial charge in [0.05, 0.1) is 5.56 Å². The average Bonchev–Trinajstić information content (AvgIpc) is 2.72. The summed E-state index contributed by atoms with van der Waals surface area (Å²) in [7, 11) is 0. The number of rotatable bonds is 1. The lowest BCUT2D eigenvalue weighted by Crippen LogP contribution is -1.92. The Morgan fingerprint density at radius 3 is 2.94 bits per heavy atom. The molecule has 0 aliphatic heterocycles. The van der Waals surface area contributed by atoms with Gasteiger partial charge in [0, 0.05) is 6.20 Å². The molecular weight excluding hydrogens is 214 g/mol. The minimum atomic E-state index is 0.427. The Morgan fingerprint density at radius 1 is 1.24 bits per heavy atom. The lowest BCUT2D eigenvalue weighted by molar-refractivity contribution is 0.619. The third kappa shape index (κ3) is 1.63. The molecule has 0 amide bonds. The first-order valence-electron chi connectivity index (χ1n) is 5.32. The first-order valence-corrected chi connectivity index (χ1v) is 5.32. The van der Waals surface area contributed by atoms with Crippen molar-refractivity contribution in [2.24, 2.45) is 0 Å². The Labute approximate surface area is 98.1 Å². The van der Waals surface area contributed by atoms with E-state index in [-0.39, 0.29) is 0 Å². The number of fused-ring (bicyclic) bond motifs is 1. The van der Waals surface area contributed by atoms with E-state index in [1.54, 1.807) is 6.20 Å². The highest BCUT2D eigenvalue weighted by Crippen LogP contribution is 2.27. The summed E-state index contributed by atoms with van der Waals surface area (Å²) in [4.78, 5) is 8.42. The number of anilines is 1. The highest BCUT2D eigenvalue weighted by Gasteiger charge is 2.11. The van der Waals surface area contributed by atoms with Gasteiger partial charge in [-0.25, -0.2) is 9.97 Å². The molecule has 2 aromatic heterocycles. The largest absolute Gasteiger partial charge is 0.436 e. The molecule has 2 N–H and O–H groups in total. The van der Waals surface area contributed by atoms with Gasteiger partial charge >= 0.3 is 0 Å². The number of nitrogens with zero attached hydrogens (tertiary/aromatic N) is 2. The number of hydrogen-bond donors (Lipinski definition) is 1. The third-order valence-electron chi connectivity index (χ3n) is 2.61. The molecule has 2 heterocycles. The van der Waals surface area contributed by atoms with E-state index in [1.807, 2.05) is 37.3 Å². The molecule has 0 saturated carbocycles. The molecule has 0 saturated heterocycles. The van der Waals surface area contributed by atoms with Crippen LogP contribution in [0.2, 0.25) is 0 Å². The Morgan fingerprint density at radius 2 is 2.12 bits per heavy atom. The van der Waals surface area contributed by atoms with E-state index in [4.69, 9.17) is 10.2 Å². The van der Waals surface area contributed by atoms with Gasteiger partial charge < -0.3 is 10.2 Å². The molecule has 3 rings (SSSR count). The van der Waals surface area contributed by atoms with Crippen LogP contribution in [0.3, 0.4) is 0 Å². The topological polar surface area (TPSA) is 64.9 Å². The molecule has 3 aromatic rings. The number of oxazole rings is 1. The van der Waals surface area contributed by atoms with E-state index in [9.17, 15) is 0 Å². The summed E-state index contributed by atoms with van der Waals surface area (Å²) in [5.74, 6) is 0.937. The maximum atomic E-state index is 5.79. The molecule has 0 atom stereocenters. The second kappa shape index (κ2) is 3.59. The van der Waals surface area contributed by atoms with E-state index in [1.165, 1.54) is 0 Å². The molecule has 4 nitrogen and oxygen atoms in total. The minimum Gasteiger partial charge on any atom is -0.436 e. The molecule has 4 heteroatoms. The second-order valence-electron chi connectivity index (χ2n) is 3.93. The Kier molecular flexibility index (Phi) is 2.08. The number of nitrogens with two attached hydrogens (primary N) is 1. The van der Waals surface area contributed by atoms with Gasteiger partial charge in [-0.3, -0.25) is 0 Å². The van der Waals surface area contributed by atoms with Crippen molar-refractivity contribution in [1.29, 1.82) is 0 Å². The molecule has 0 aliphatic carbocycles. The zero-order chi connectivity index (χ0) is 11.8. The lowest BCUT2D eigenvalue weighted by atomic mass is 10.2. The molecule has 0 fully saturated rings. The van der Waals surface area contributed by atoms with Crippen molar-refractivity contribution >= 4 is 16.9 Å². The van der Waals surface area contributed by atoms with Gasteiger partial charge in [-0.05, 0) is 36.8 Å². The van der Waals surface area contributed by atoms with E-state index in [0.717, 1.165) is 22.2 Å². The summed E-state index contributed by atoms with van der Waals surface area (Å²) < 4.78 is 5.68. The van der Waals surface area contributed by atoms with Crippen LogP contribution in [0.1, 0.15) is 5.56 Å². The zero-order valence-electron chi connectivity index (χ0n) is 9.34. The molecule has 0 bridgehead atoms. The number of benzene rings is 1. The smallest absolute Gasteiger partial charge is 0.231 e. The van der Waals surface area contributed by atoms with Gasteiger partial charge in [0.25, 0.3) is 0 Å². The fraction of sp³-hybridized carbons (Fsp3) is 0.0769. The minimum absolute atomic E-state index is 0.427. The monoisotopic (exact) mass is 225 g/mol. The molecule has 84 valence electrons. The van der Waals surface area contributed by atoms with Crippen molar-refractivity contribution in [3.63, 3.8) is 0 Å².